The summed E-state index contributed by atoms with van der Waals surface area (Å²) < 4.78 is 26.1. The van der Waals surface area contributed by atoms with Crippen LogP contribution in [0.3, 0.4) is 0 Å². The van der Waals surface area contributed by atoms with E-state index in [-0.39, 0.29) is 29.2 Å². The summed E-state index contributed by atoms with van der Waals surface area (Å²) >= 11 is 0. The lowest BCUT2D eigenvalue weighted by Gasteiger charge is -2.29. The van der Waals surface area contributed by atoms with Crippen LogP contribution < -0.4 is 5.73 Å². The number of aliphatic hydroxyl groups is 1. The molecule has 0 unspecified atom stereocenters. The summed E-state index contributed by atoms with van der Waals surface area (Å²) in [5.41, 5.74) is 5.18. The normalized spacial score (nSPS) is 18.1. The molecular weight excluding hydrogens is 284 g/mol. The first-order valence-electron chi connectivity index (χ1n) is 6.14. The highest BCUT2D eigenvalue weighted by Crippen LogP contribution is 2.27. The number of nitrogens with two attached hydrogens (primary N) is 1. The summed E-state index contributed by atoms with van der Waals surface area (Å²) in [4.78, 5) is 10.8. The number of nitrogen functional groups attached to an aromatic ring is 1. The lowest BCUT2D eigenvalue weighted by atomic mass is 10.1. The van der Waals surface area contributed by atoms with Crippen molar-refractivity contribution < 1.29 is 23.4 Å². The molecule has 4 N–H and O–H groups in total. The molecule has 1 saturated heterocycles. The van der Waals surface area contributed by atoms with Crippen molar-refractivity contribution in [3.05, 3.63) is 23.8 Å². The van der Waals surface area contributed by atoms with E-state index in [1.54, 1.807) is 0 Å². The second kappa shape index (κ2) is 5.39. The molecule has 0 atom stereocenters. The fourth-order valence-corrected chi connectivity index (χ4v) is 3.79. The minimum absolute atomic E-state index is 0.195. The van der Waals surface area contributed by atoms with E-state index in [1.807, 2.05) is 0 Å². The van der Waals surface area contributed by atoms with Gasteiger partial charge in [-0.25, -0.2) is 13.2 Å². The van der Waals surface area contributed by atoms with Crippen LogP contribution in [-0.4, -0.2) is 48.1 Å². The topological polar surface area (TPSA) is 121 Å². The largest absolute Gasteiger partial charge is 0.478 e. The smallest absolute Gasteiger partial charge is 0.337 e. The van der Waals surface area contributed by atoms with E-state index in [9.17, 15) is 18.3 Å². The Hall–Kier alpha value is -1.64. The van der Waals surface area contributed by atoms with Gasteiger partial charge in [0, 0.05) is 13.1 Å². The number of carboxylic acid groups (broad SMARTS) is 1. The molecule has 1 aromatic carbocycles. The van der Waals surface area contributed by atoms with Crippen molar-refractivity contribution in [2.45, 2.75) is 23.8 Å². The summed E-state index contributed by atoms with van der Waals surface area (Å²) in [6.45, 7) is 0.389. The van der Waals surface area contributed by atoms with Crippen LogP contribution >= 0.6 is 0 Å². The van der Waals surface area contributed by atoms with E-state index < -0.39 is 22.1 Å². The lowest BCUT2D eigenvalue weighted by Crippen LogP contribution is -2.40. The van der Waals surface area contributed by atoms with Crippen LogP contribution in [0.15, 0.2) is 23.1 Å². The van der Waals surface area contributed by atoms with Gasteiger partial charge < -0.3 is 15.9 Å². The van der Waals surface area contributed by atoms with Gasteiger partial charge >= 0.3 is 5.97 Å². The fourth-order valence-electron chi connectivity index (χ4n) is 2.18. The Morgan fingerprint density at radius 1 is 1.30 bits per heavy atom. The number of piperidine rings is 1. The average molecular weight is 300 g/mol. The molecule has 0 spiro atoms. The predicted molar refractivity (Wildman–Crippen MR) is 71.8 cm³/mol. The number of anilines is 1. The van der Waals surface area contributed by atoms with E-state index in [1.165, 1.54) is 22.5 Å². The molecule has 0 aromatic heterocycles. The van der Waals surface area contributed by atoms with Crippen molar-refractivity contribution in [2.24, 2.45) is 0 Å². The highest BCUT2D eigenvalue weighted by atomic mass is 32.2. The zero-order valence-corrected chi connectivity index (χ0v) is 11.5. The van der Waals surface area contributed by atoms with Gasteiger partial charge in [0.15, 0.2) is 0 Å². The second-order valence-electron chi connectivity index (χ2n) is 4.66. The quantitative estimate of drug-likeness (QED) is 0.681. The maximum atomic E-state index is 12.5. The minimum atomic E-state index is -3.84. The Morgan fingerprint density at radius 3 is 2.45 bits per heavy atom. The summed E-state index contributed by atoms with van der Waals surface area (Å²) in [6, 6.07) is 3.91. The number of hydrogen-bond acceptors (Lipinski definition) is 5. The molecule has 0 bridgehead atoms. The SMILES string of the molecule is Nc1c(C(=O)O)cccc1S(=O)(=O)N1CCC(O)CC1. The Labute approximate surface area is 116 Å². The number of para-hydroxylation sites is 1. The van der Waals surface area contributed by atoms with Crippen molar-refractivity contribution in [1.29, 1.82) is 0 Å². The maximum Gasteiger partial charge on any atom is 0.337 e. The van der Waals surface area contributed by atoms with Crippen molar-refractivity contribution in [1.82, 2.24) is 4.31 Å². The van der Waals surface area contributed by atoms with Crippen LogP contribution in [-0.2, 0) is 10.0 Å². The van der Waals surface area contributed by atoms with E-state index in [0.717, 1.165) is 0 Å². The van der Waals surface area contributed by atoms with Gasteiger partial charge in [0.2, 0.25) is 10.0 Å². The fraction of sp³-hybridized carbons (Fsp3) is 0.417. The zero-order chi connectivity index (χ0) is 14.9. The van der Waals surface area contributed by atoms with Crippen molar-refractivity contribution >= 4 is 21.7 Å². The van der Waals surface area contributed by atoms with E-state index in [2.05, 4.69) is 0 Å². The molecule has 0 aliphatic carbocycles. The first-order chi connectivity index (χ1) is 9.34. The standard InChI is InChI=1S/C12H16N2O5S/c13-11-9(12(16)17)2-1-3-10(11)20(18,19)14-6-4-8(15)5-7-14/h1-3,8,15H,4-7,13H2,(H,16,17). The summed E-state index contributed by atoms with van der Waals surface area (Å²) in [5.74, 6) is -1.27. The number of benzene rings is 1. The molecule has 0 amide bonds. The Balaban J connectivity index is 2.40. The number of sulfonamides is 1. The molecule has 1 aliphatic heterocycles. The molecule has 8 heteroatoms. The van der Waals surface area contributed by atoms with Crippen LogP contribution in [0.1, 0.15) is 23.2 Å². The molecule has 1 fully saturated rings. The Morgan fingerprint density at radius 2 is 1.90 bits per heavy atom. The summed E-state index contributed by atoms with van der Waals surface area (Å²) in [6.07, 6.45) is 0.222. The average Bonchev–Trinajstić information content (AvgIpc) is 2.38. The second-order valence-corrected chi connectivity index (χ2v) is 6.56. The first-order valence-corrected chi connectivity index (χ1v) is 7.58. The number of carbonyl (C=O) groups is 1. The molecule has 110 valence electrons. The Kier molecular flexibility index (Phi) is 3.98. The molecule has 1 aromatic rings. The number of hydrogen-bond donors (Lipinski definition) is 3. The van der Waals surface area contributed by atoms with Gasteiger partial charge in [-0.05, 0) is 25.0 Å². The molecule has 1 heterocycles. The molecule has 7 nitrogen and oxygen atoms in total. The number of nitrogens with zero attached hydrogens (tertiary/aromatic N) is 1. The zero-order valence-electron chi connectivity index (χ0n) is 10.7. The van der Waals surface area contributed by atoms with Gasteiger partial charge in [-0.1, -0.05) is 6.07 Å². The first kappa shape index (κ1) is 14.8. The van der Waals surface area contributed by atoms with Gasteiger partial charge in [-0.2, -0.15) is 4.31 Å². The molecule has 0 radical (unpaired) electrons. The van der Waals surface area contributed by atoms with Crippen LogP contribution in [0.25, 0.3) is 0 Å². The number of carboxylic acids is 1. The van der Waals surface area contributed by atoms with E-state index in [4.69, 9.17) is 10.8 Å². The highest BCUT2D eigenvalue weighted by Gasteiger charge is 2.31. The monoisotopic (exact) mass is 300 g/mol. The molecular formula is C12H16N2O5S. The van der Waals surface area contributed by atoms with Gasteiger partial charge in [0.25, 0.3) is 0 Å². The third-order valence-electron chi connectivity index (χ3n) is 3.34. The summed E-state index contributed by atoms with van der Waals surface area (Å²) in [5, 5.41) is 18.4. The molecule has 1 aliphatic rings. The van der Waals surface area contributed by atoms with Crippen molar-refractivity contribution in [2.75, 3.05) is 18.8 Å². The van der Waals surface area contributed by atoms with Crippen molar-refractivity contribution in [3.8, 4) is 0 Å². The number of aromatic carboxylic acids is 1. The van der Waals surface area contributed by atoms with Gasteiger partial charge in [-0.15, -0.1) is 0 Å². The van der Waals surface area contributed by atoms with Crippen LogP contribution in [0.2, 0.25) is 0 Å². The highest BCUT2D eigenvalue weighted by molar-refractivity contribution is 7.89. The minimum Gasteiger partial charge on any atom is -0.478 e. The van der Waals surface area contributed by atoms with Gasteiger partial charge in [0.1, 0.15) is 4.90 Å². The number of aliphatic hydroxyl groups excluding tert-OH is 1. The Bertz CT molecular complexity index is 621. The van der Waals surface area contributed by atoms with Crippen LogP contribution in [0, 0.1) is 0 Å². The molecule has 2 rings (SSSR count). The number of rotatable bonds is 3. The van der Waals surface area contributed by atoms with Gasteiger partial charge in [-0.3, -0.25) is 0 Å². The summed E-state index contributed by atoms with van der Waals surface area (Å²) in [7, 11) is -3.84. The van der Waals surface area contributed by atoms with Crippen LogP contribution in [0.4, 0.5) is 5.69 Å². The molecule has 20 heavy (non-hydrogen) atoms. The van der Waals surface area contributed by atoms with Crippen molar-refractivity contribution in [3.63, 3.8) is 0 Å². The van der Waals surface area contributed by atoms with Crippen LogP contribution in [0.5, 0.6) is 0 Å². The van der Waals surface area contributed by atoms with E-state index >= 15 is 0 Å². The predicted octanol–water partition coefficient (Wildman–Crippen LogP) is 0.112. The van der Waals surface area contributed by atoms with E-state index in [0.29, 0.717) is 12.8 Å². The third-order valence-corrected chi connectivity index (χ3v) is 5.29. The van der Waals surface area contributed by atoms with Gasteiger partial charge in [0.05, 0.1) is 17.4 Å². The lowest BCUT2D eigenvalue weighted by molar-refractivity contribution is 0.0698. The molecule has 0 saturated carbocycles. The maximum absolute atomic E-state index is 12.5. The third kappa shape index (κ3) is 2.62.